The predicted molar refractivity (Wildman–Crippen MR) is 90.2 cm³/mol. The molecule has 1 aromatic rings. The summed E-state index contributed by atoms with van der Waals surface area (Å²) in [6.07, 6.45) is 0.421. The second-order valence-corrected chi connectivity index (χ2v) is 7.63. The SMILES string of the molecule is CC1Cc2nc(C(=O)N3CCN(C(=O)OC(C)(C)C)CC3)oc2CN1. The Morgan fingerprint density at radius 3 is 2.48 bits per heavy atom. The van der Waals surface area contributed by atoms with Gasteiger partial charge in [0.1, 0.15) is 11.4 Å². The quantitative estimate of drug-likeness (QED) is 0.824. The molecule has 0 bridgehead atoms. The Labute approximate surface area is 147 Å². The van der Waals surface area contributed by atoms with Crippen LogP contribution in [0.1, 0.15) is 49.8 Å². The molecule has 8 nitrogen and oxygen atoms in total. The first-order valence-electron chi connectivity index (χ1n) is 8.72. The molecule has 1 unspecified atom stereocenters. The molecule has 0 aliphatic carbocycles. The summed E-state index contributed by atoms with van der Waals surface area (Å²) in [4.78, 5) is 32.4. The number of nitrogens with zero attached hydrogens (tertiary/aromatic N) is 3. The summed E-state index contributed by atoms with van der Waals surface area (Å²) in [5.41, 5.74) is 0.341. The lowest BCUT2D eigenvalue weighted by atomic mass is 10.1. The van der Waals surface area contributed by atoms with Crippen LogP contribution in [-0.2, 0) is 17.7 Å². The Hall–Kier alpha value is -2.09. The third kappa shape index (κ3) is 4.12. The fourth-order valence-corrected chi connectivity index (χ4v) is 2.96. The summed E-state index contributed by atoms with van der Waals surface area (Å²) in [5, 5.41) is 3.29. The maximum absolute atomic E-state index is 12.6. The zero-order valence-corrected chi connectivity index (χ0v) is 15.3. The van der Waals surface area contributed by atoms with Crippen molar-refractivity contribution in [2.75, 3.05) is 26.2 Å². The first-order chi connectivity index (χ1) is 11.7. The Kier molecular flexibility index (Phi) is 4.73. The minimum absolute atomic E-state index is 0.145. The van der Waals surface area contributed by atoms with E-state index < -0.39 is 5.60 Å². The van der Waals surface area contributed by atoms with Gasteiger partial charge in [0.2, 0.25) is 0 Å². The molecule has 1 aromatic heterocycles. The van der Waals surface area contributed by atoms with Crippen molar-refractivity contribution in [3.63, 3.8) is 0 Å². The van der Waals surface area contributed by atoms with E-state index in [0.29, 0.717) is 38.8 Å². The number of carbonyl (C=O) groups excluding carboxylic acids is 2. The molecule has 3 heterocycles. The zero-order chi connectivity index (χ0) is 18.2. The summed E-state index contributed by atoms with van der Waals surface area (Å²) in [5.74, 6) is 0.673. The molecule has 2 aliphatic heterocycles. The van der Waals surface area contributed by atoms with Crippen LogP contribution in [0, 0.1) is 0 Å². The van der Waals surface area contributed by atoms with Gasteiger partial charge in [-0.1, -0.05) is 0 Å². The molecule has 0 aromatic carbocycles. The Bertz CT molecular complexity index is 656. The van der Waals surface area contributed by atoms with Crippen LogP contribution in [-0.4, -0.2) is 64.6 Å². The summed E-state index contributed by atoms with van der Waals surface area (Å²) in [6, 6.07) is 0.331. The van der Waals surface area contributed by atoms with Crippen molar-refractivity contribution >= 4 is 12.0 Å². The zero-order valence-electron chi connectivity index (χ0n) is 15.3. The number of hydrogen-bond donors (Lipinski definition) is 1. The summed E-state index contributed by atoms with van der Waals surface area (Å²) in [7, 11) is 0. The second kappa shape index (κ2) is 6.67. The fraction of sp³-hybridized carbons (Fsp3) is 0.706. The highest BCUT2D eigenvalue weighted by atomic mass is 16.6. The number of oxazole rings is 1. The van der Waals surface area contributed by atoms with Gasteiger partial charge in [0.25, 0.3) is 5.89 Å². The normalized spacial score (nSPS) is 21.0. The van der Waals surface area contributed by atoms with E-state index in [1.807, 2.05) is 20.8 Å². The largest absolute Gasteiger partial charge is 0.444 e. The molecule has 8 heteroatoms. The number of nitrogens with one attached hydrogen (secondary N) is 1. The predicted octanol–water partition coefficient (Wildman–Crippen LogP) is 1.40. The van der Waals surface area contributed by atoms with Gasteiger partial charge < -0.3 is 24.3 Å². The number of amides is 2. The van der Waals surface area contributed by atoms with Gasteiger partial charge in [0.05, 0.1) is 12.2 Å². The van der Waals surface area contributed by atoms with Gasteiger partial charge in [-0.05, 0) is 27.7 Å². The summed E-state index contributed by atoms with van der Waals surface area (Å²) < 4.78 is 11.0. The average molecular weight is 350 g/mol. The van der Waals surface area contributed by atoms with E-state index in [4.69, 9.17) is 9.15 Å². The van der Waals surface area contributed by atoms with Crippen molar-refractivity contribution in [3.8, 4) is 0 Å². The lowest BCUT2D eigenvalue weighted by Crippen LogP contribution is -2.51. The first kappa shape index (κ1) is 17.7. The second-order valence-electron chi connectivity index (χ2n) is 7.63. The lowest BCUT2D eigenvalue weighted by molar-refractivity contribution is 0.0136. The van der Waals surface area contributed by atoms with Crippen LogP contribution >= 0.6 is 0 Å². The Morgan fingerprint density at radius 2 is 1.84 bits per heavy atom. The van der Waals surface area contributed by atoms with Crippen molar-refractivity contribution in [1.82, 2.24) is 20.1 Å². The molecular weight excluding hydrogens is 324 g/mol. The van der Waals surface area contributed by atoms with Crippen LogP contribution in [0.4, 0.5) is 4.79 Å². The number of hydrogen-bond acceptors (Lipinski definition) is 6. The molecule has 3 rings (SSSR count). The minimum Gasteiger partial charge on any atom is -0.444 e. The van der Waals surface area contributed by atoms with Crippen LogP contribution in [0.2, 0.25) is 0 Å². The highest BCUT2D eigenvalue weighted by Crippen LogP contribution is 2.19. The standard InChI is InChI=1S/C17H26N4O4/c1-11-9-12-13(10-18-11)24-14(19-12)15(22)20-5-7-21(8-6-20)16(23)25-17(2,3)4/h11,18H,5-10H2,1-4H3. The van der Waals surface area contributed by atoms with Crippen molar-refractivity contribution in [2.24, 2.45) is 0 Å². The minimum atomic E-state index is -0.521. The smallest absolute Gasteiger partial charge is 0.410 e. The van der Waals surface area contributed by atoms with Gasteiger partial charge in [-0.2, -0.15) is 0 Å². The van der Waals surface area contributed by atoms with E-state index in [2.05, 4.69) is 17.2 Å². The van der Waals surface area contributed by atoms with Crippen molar-refractivity contribution in [3.05, 3.63) is 17.3 Å². The van der Waals surface area contributed by atoms with E-state index in [0.717, 1.165) is 17.9 Å². The van der Waals surface area contributed by atoms with Crippen molar-refractivity contribution in [2.45, 2.75) is 52.3 Å². The third-order valence-corrected chi connectivity index (χ3v) is 4.29. The van der Waals surface area contributed by atoms with E-state index in [-0.39, 0.29) is 17.9 Å². The maximum Gasteiger partial charge on any atom is 0.410 e. The van der Waals surface area contributed by atoms with Gasteiger partial charge in [-0.3, -0.25) is 4.79 Å². The van der Waals surface area contributed by atoms with Crippen LogP contribution < -0.4 is 5.32 Å². The van der Waals surface area contributed by atoms with E-state index in [1.165, 1.54) is 0 Å². The van der Waals surface area contributed by atoms with Crippen molar-refractivity contribution < 1.29 is 18.7 Å². The molecule has 25 heavy (non-hydrogen) atoms. The summed E-state index contributed by atoms with van der Waals surface area (Å²) in [6.45, 7) is 9.97. The highest BCUT2D eigenvalue weighted by Gasteiger charge is 2.31. The van der Waals surface area contributed by atoms with Crippen LogP contribution in [0.5, 0.6) is 0 Å². The molecular formula is C17H26N4O4. The Balaban J connectivity index is 1.58. The number of rotatable bonds is 1. The molecule has 1 atom stereocenters. The number of fused-ring (bicyclic) bond motifs is 1. The monoisotopic (exact) mass is 350 g/mol. The van der Waals surface area contributed by atoms with Gasteiger partial charge in [-0.15, -0.1) is 0 Å². The molecule has 138 valence electrons. The molecule has 2 amide bonds. The van der Waals surface area contributed by atoms with Crippen LogP contribution in [0.15, 0.2) is 4.42 Å². The maximum atomic E-state index is 12.6. The van der Waals surface area contributed by atoms with Crippen molar-refractivity contribution in [1.29, 1.82) is 0 Å². The van der Waals surface area contributed by atoms with Gasteiger partial charge >= 0.3 is 12.0 Å². The van der Waals surface area contributed by atoms with E-state index >= 15 is 0 Å². The molecule has 1 saturated heterocycles. The number of ether oxygens (including phenoxy) is 1. The molecule has 1 fully saturated rings. The van der Waals surface area contributed by atoms with Crippen LogP contribution in [0.3, 0.4) is 0 Å². The lowest BCUT2D eigenvalue weighted by Gasteiger charge is -2.35. The highest BCUT2D eigenvalue weighted by molar-refractivity contribution is 5.90. The number of aromatic nitrogens is 1. The molecule has 2 aliphatic rings. The van der Waals surface area contributed by atoms with Crippen LogP contribution in [0.25, 0.3) is 0 Å². The molecule has 1 N–H and O–H groups in total. The first-order valence-corrected chi connectivity index (χ1v) is 8.72. The molecule has 0 saturated carbocycles. The molecule has 0 radical (unpaired) electrons. The average Bonchev–Trinajstić information content (AvgIpc) is 2.95. The summed E-state index contributed by atoms with van der Waals surface area (Å²) >= 11 is 0. The van der Waals surface area contributed by atoms with E-state index in [9.17, 15) is 9.59 Å². The number of carbonyl (C=O) groups is 2. The number of piperazine rings is 1. The van der Waals surface area contributed by atoms with E-state index in [1.54, 1.807) is 9.80 Å². The topological polar surface area (TPSA) is 87.9 Å². The fourth-order valence-electron chi connectivity index (χ4n) is 2.96. The Morgan fingerprint density at radius 1 is 1.20 bits per heavy atom. The van der Waals surface area contributed by atoms with Gasteiger partial charge in [0.15, 0.2) is 0 Å². The van der Waals surface area contributed by atoms with Gasteiger partial charge in [-0.25, -0.2) is 9.78 Å². The molecule has 0 spiro atoms. The third-order valence-electron chi connectivity index (χ3n) is 4.29. The van der Waals surface area contributed by atoms with Gasteiger partial charge in [0, 0.05) is 38.6 Å².